The zero-order valence-corrected chi connectivity index (χ0v) is 16.0. The van der Waals surface area contributed by atoms with Gasteiger partial charge in [-0.15, -0.1) is 0 Å². The summed E-state index contributed by atoms with van der Waals surface area (Å²) in [5, 5.41) is 9.23. The van der Waals surface area contributed by atoms with Gasteiger partial charge in [-0.3, -0.25) is 0 Å². The van der Waals surface area contributed by atoms with Crippen LogP contribution in [0.2, 0.25) is 0 Å². The van der Waals surface area contributed by atoms with E-state index in [-0.39, 0.29) is 5.75 Å². The van der Waals surface area contributed by atoms with Crippen molar-refractivity contribution in [2.45, 2.75) is 71.1 Å². The third-order valence-corrected chi connectivity index (χ3v) is 4.52. The maximum atomic E-state index is 9.23. The zero-order valence-electron chi connectivity index (χ0n) is 16.0. The van der Waals surface area contributed by atoms with Crippen LogP contribution in [-0.4, -0.2) is 21.7 Å². The van der Waals surface area contributed by atoms with Crippen molar-refractivity contribution in [3.63, 3.8) is 0 Å². The average Bonchev–Trinajstić information content (AvgIpc) is 2.67. The first-order valence-electron chi connectivity index (χ1n) is 10.0. The van der Waals surface area contributed by atoms with Crippen LogP contribution in [0.4, 0.5) is 0 Å². The van der Waals surface area contributed by atoms with Crippen molar-refractivity contribution in [2.24, 2.45) is 0 Å². The van der Waals surface area contributed by atoms with Gasteiger partial charge in [-0.25, -0.2) is 9.97 Å². The normalized spacial score (nSPS) is 10.8. The van der Waals surface area contributed by atoms with Crippen LogP contribution < -0.4 is 4.74 Å². The van der Waals surface area contributed by atoms with Crippen LogP contribution >= 0.6 is 0 Å². The molecule has 1 N–H and O–H groups in total. The Morgan fingerprint density at radius 2 is 1.31 bits per heavy atom. The van der Waals surface area contributed by atoms with E-state index in [1.54, 1.807) is 0 Å². The number of hydrogen-bond acceptors (Lipinski definition) is 4. The van der Waals surface area contributed by atoms with Crippen LogP contribution in [0, 0.1) is 0 Å². The molecule has 0 aliphatic heterocycles. The van der Waals surface area contributed by atoms with E-state index in [4.69, 9.17) is 4.74 Å². The van der Waals surface area contributed by atoms with Gasteiger partial charge in [0, 0.05) is 5.56 Å². The summed E-state index contributed by atoms with van der Waals surface area (Å²) in [6.07, 6.45) is 16.1. The molecule has 0 aliphatic rings. The lowest BCUT2D eigenvalue weighted by molar-refractivity contribution is 0.304. The Morgan fingerprint density at radius 3 is 1.88 bits per heavy atom. The molecule has 0 unspecified atom stereocenters. The Labute approximate surface area is 157 Å². The van der Waals surface area contributed by atoms with E-state index < -0.39 is 0 Å². The van der Waals surface area contributed by atoms with Gasteiger partial charge in [0.25, 0.3) is 0 Å². The van der Waals surface area contributed by atoms with Crippen LogP contribution in [-0.2, 0) is 0 Å². The summed E-state index contributed by atoms with van der Waals surface area (Å²) in [6.45, 7) is 3.03. The fourth-order valence-corrected chi connectivity index (χ4v) is 2.95. The summed E-state index contributed by atoms with van der Waals surface area (Å²) < 4.78 is 5.81. The van der Waals surface area contributed by atoms with Gasteiger partial charge >= 0.3 is 0 Å². The highest BCUT2D eigenvalue weighted by atomic mass is 16.5. The number of nitrogens with zero attached hydrogens (tertiary/aromatic N) is 2. The molecule has 0 saturated heterocycles. The second-order valence-electron chi connectivity index (χ2n) is 6.82. The monoisotopic (exact) mass is 356 g/mol. The number of unbranched alkanes of at least 4 members (excludes halogenated alkanes) is 9. The molecule has 0 amide bonds. The molecule has 4 heteroatoms. The molecule has 0 spiro atoms. The SMILES string of the molecule is CCCCCCCCCCCCOc1ccc(-c2ncc(O)cn2)cc1. The maximum absolute atomic E-state index is 9.23. The molecule has 0 radical (unpaired) electrons. The largest absolute Gasteiger partial charge is 0.505 e. The fourth-order valence-electron chi connectivity index (χ4n) is 2.95. The molecule has 0 saturated carbocycles. The topological polar surface area (TPSA) is 55.2 Å². The van der Waals surface area contributed by atoms with Crippen molar-refractivity contribution in [2.75, 3.05) is 6.61 Å². The van der Waals surface area contributed by atoms with Crippen LogP contribution in [0.3, 0.4) is 0 Å². The van der Waals surface area contributed by atoms with Crippen molar-refractivity contribution in [3.05, 3.63) is 36.7 Å². The lowest BCUT2D eigenvalue weighted by Crippen LogP contribution is -1.97. The highest BCUT2D eigenvalue weighted by Gasteiger charge is 2.02. The van der Waals surface area contributed by atoms with Crippen molar-refractivity contribution in [3.8, 4) is 22.9 Å². The first kappa shape index (κ1) is 20.2. The second-order valence-corrected chi connectivity index (χ2v) is 6.82. The summed E-state index contributed by atoms with van der Waals surface area (Å²) in [7, 11) is 0. The van der Waals surface area contributed by atoms with E-state index in [0.29, 0.717) is 5.82 Å². The highest BCUT2D eigenvalue weighted by molar-refractivity contribution is 5.56. The smallest absolute Gasteiger partial charge is 0.159 e. The minimum absolute atomic E-state index is 0.0743. The first-order chi connectivity index (χ1) is 12.8. The molecule has 0 bridgehead atoms. The summed E-state index contributed by atoms with van der Waals surface area (Å²) >= 11 is 0. The fraction of sp³-hybridized carbons (Fsp3) is 0.545. The summed E-state index contributed by atoms with van der Waals surface area (Å²) in [6, 6.07) is 7.78. The van der Waals surface area contributed by atoms with E-state index in [0.717, 1.165) is 24.3 Å². The molecule has 0 fully saturated rings. The van der Waals surface area contributed by atoms with Crippen LogP contribution in [0.5, 0.6) is 11.5 Å². The van der Waals surface area contributed by atoms with Crippen molar-refractivity contribution < 1.29 is 9.84 Å². The molecule has 1 heterocycles. The maximum Gasteiger partial charge on any atom is 0.159 e. The molecular formula is C22H32N2O2. The highest BCUT2D eigenvalue weighted by Crippen LogP contribution is 2.20. The Morgan fingerprint density at radius 1 is 0.769 bits per heavy atom. The van der Waals surface area contributed by atoms with E-state index in [2.05, 4.69) is 16.9 Å². The lowest BCUT2D eigenvalue weighted by Gasteiger charge is -2.07. The first-order valence-corrected chi connectivity index (χ1v) is 10.0. The minimum atomic E-state index is 0.0743. The van der Waals surface area contributed by atoms with Gasteiger partial charge in [0.1, 0.15) is 5.75 Å². The van der Waals surface area contributed by atoms with E-state index in [1.807, 2.05) is 24.3 Å². The molecule has 26 heavy (non-hydrogen) atoms. The predicted octanol–water partition coefficient (Wildman–Crippen LogP) is 6.15. The Bertz CT molecular complexity index is 597. The number of aromatic hydroxyl groups is 1. The molecular weight excluding hydrogens is 324 g/mol. The summed E-state index contributed by atoms with van der Waals surface area (Å²) in [5.74, 6) is 1.55. The summed E-state index contributed by atoms with van der Waals surface area (Å²) in [4.78, 5) is 8.22. The Hall–Kier alpha value is -2.10. The number of benzene rings is 1. The van der Waals surface area contributed by atoms with Gasteiger partial charge in [0.15, 0.2) is 11.6 Å². The van der Waals surface area contributed by atoms with Gasteiger partial charge in [0.2, 0.25) is 0 Å². The number of rotatable bonds is 13. The zero-order chi connectivity index (χ0) is 18.5. The number of hydrogen-bond donors (Lipinski definition) is 1. The molecule has 0 aliphatic carbocycles. The summed E-state index contributed by atoms with van der Waals surface area (Å²) in [5.41, 5.74) is 0.913. The van der Waals surface area contributed by atoms with Gasteiger partial charge in [-0.05, 0) is 30.7 Å². The third-order valence-electron chi connectivity index (χ3n) is 4.52. The molecule has 1 aromatic heterocycles. The van der Waals surface area contributed by atoms with Crippen molar-refractivity contribution >= 4 is 0 Å². The van der Waals surface area contributed by atoms with Crippen molar-refractivity contribution in [1.29, 1.82) is 0 Å². The van der Waals surface area contributed by atoms with Crippen molar-refractivity contribution in [1.82, 2.24) is 9.97 Å². The lowest BCUT2D eigenvalue weighted by atomic mass is 10.1. The molecule has 4 nitrogen and oxygen atoms in total. The van der Waals surface area contributed by atoms with Crippen LogP contribution in [0.25, 0.3) is 11.4 Å². The average molecular weight is 357 g/mol. The van der Waals surface area contributed by atoms with Gasteiger partial charge in [-0.1, -0.05) is 64.7 Å². The van der Waals surface area contributed by atoms with E-state index in [9.17, 15) is 5.11 Å². The van der Waals surface area contributed by atoms with Crippen LogP contribution in [0.15, 0.2) is 36.7 Å². The molecule has 0 atom stereocenters. The molecule has 2 rings (SSSR count). The molecule has 142 valence electrons. The predicted molar refractivity (Wildman–Crippen MR) is 106 cm³/mol. The minimum Gasteiger partial charge on any atom is -0.505 e. The standard InChI is InChI=1S/C22H32N2O2/c1-2-3-4-5-6-7-8-9-10-11-16-26-21-14-12-19(13-15-21)22-23-17-20(25)18-24-22/h12-15,17-18,25H,2-11,16H2,1H3. The third kappa shape index (κ3) is 7.85. The molecule has 2 aromatic rings. The van der Waals surface area contributed by atoms with E-state index >= 15 is 0 Å². The quantitative estimate of drug-likeness (QED) is 0.437. The van der Waals surface area contributed by atoms with Gasteiger partial charge in [-0.2, -0.15) is 0 Å². The Balaban J connectivity index is 1.54. The number of aromatic nitrogens is 2. The Kier molecular flexibility index (Phi) is 9.55. The van der Waals surface area contributed by atoms with E-state index in [1.165, 1.54) is 70.2 Å². The molecule has 1 aromatic carbocycles. The number of ether oxygens (including phenoxy) is 1. The van der Waals surface area contributed by atoms with Gasteiger partial charge in [0.05, 0.1) is 19.0 Å². The second kappa shape index (κ2) is 12.3. The van der Waals surface area contributed by atoms with Gasteiger partial charge < -0.3 is 9.84 Å². The van der Waals surface area contributed by atoms with Crippen LogP contribution in [0.1, 0.15) is 71.1 Å².